The van der Waals surface area contributed by atoms with E-state index < -0.39 is 0 Å². The number of aromatic nitrogens is 3. The van der Waals surface area contributed by atoms with Crippen molar-refractivity contribution in [2.75, 3.05) is 32.1 Å². The molecular weight excluding hydrogens is 184 g/mol. The quantitative estimate of drug-likeness (QED) is 0.672. The van der Waals surface area contributed by atoms with E-state index in [0.717, 1.165) is 19.6 Å². The zero-order chi connectivity index (χ0) is 9.52. The molecule has 1 rings (SSSR count). The molecule has 0 N–H and O–H groups in total. The molecule has 0 fully saturated rings. The van der Waals surface area contributed by atoms with Crippen LogP contribution >= 0.6 is 11.8 Å². The molecule has 0 amide bonds. The van der Waals surface area contributed by atoms with Crippen molar-refractivity contribution in [1.29, 1.82) is 0 Å². The normalized spacial score (nSPS) is 11.0. The van der Waals surface area contributed by atoms with Crippen LogP contribution in [0.3, 0.4) is 0 Å². The van der Waals surface area contributed by atoms with Gasteiger partial charge in [-0.15, -0.1) is 0 Å². The Morgan fingerprint density at radius 1 is 1.46 bits per heavy atom. The van der Waals surface area contributed by atoms with Gasteiger partial charge in [-0.2, -0.15) is 16.9 Å². The lowest BCUT2D eigenvalue weighted by Gasteiger charge is -2.15. The summed E-state index contributed by atoms with van der Waals surface area (Å²) < 4.78 is 1.86. The minimum atomic E-state index is 0.922. The highest BCUT2D eigenvalue weighted by Gasteiger charge is 1.97. The maximum Gasteiger partial charge on any atom is 0.137 e. The third-order valence-corrected chi connectivity index (χ3v) is 2.45. The average molecular weight is 200 g/mol. The molecule has 0 spiro atoms. The molecule has 0 aromatic carbocycles. The summed E-state index contributed by atoms with van der Waals surface area (Å²) in [6.45, 7) is 3.09. The van der Waals surface area contributed by atoms with Crippen LogP contribution in [-0.4, -0.2) is 51.8 Å². The van der Waals surface area contributed by atoms with E-state index in [0.29, 0.717) is 0 Å². The second-order valence-corrected chi connectivity index (χ2v) is 3.94. The summed E-state index contributed by atoms with van der Waals surface area (Å²) >= 11 is 1.88. The van der Waals surface area contributed by atoms with Crippen LogP contribution in [0.15, 0.2) is 12.7 Å². The van der Waals surface area contributed by atoms with E-state index in [2.05, 4.69) is 28.3 Å². The summed E-state index contributed by atoms with van der Waals surface area (Å²) in [5.74, 6) is 1.19. The molecule has 0 saturated heterocycles. The molecule has 4 nitrogen and oxygen atoms in total. The van der Waals surface area contributed by atoms with Gasteiger partial charge in [0.25, 0.3) is 0 Å². The van der Waals surface area contributed by atoms with Crippen LogP contribution < -0.4 is 0 Å². The Hall–Kier alpha value is -0.550. The standard InChI is InChI=1S/C8H16N4S/c1-11(5-6-13-2)3-4-12-8-9-7-10-12/h7-8H,3-6H2,1-2H3. The molecule has 13 heavy (non-hydrogen) atoms. The molecule has 1 aromatic heterocycles. The van der Waals surface area contributed by atoms with Crippen LogP contribution in [0.4, 0.5) is 0 Å². The van der Waals surface area contributed by atoms with Gasteiger partial charge >= 0.3 is 0 Å². The first-order chi connectivity index (χ1) is 6.33. The Labute approximate surface area is 83.3 Å². The van der Waals surface area contributed by atoms with E-state index in [9.17, 15) is 0 Å². The molecule has 0 atom stereocenters. The zero-order valence-electron chi connectivity index (χ0n) is 8.18. The van der Waals surface area contributed by atoms with Gasteiger partial charge < -0.3 is 4.90 Å². The number of thioether (sulfide) groups is 1. The molecular formula is C8H16N4S. The number of rotatable bonds is 6. The Balaban J connectivity index is 2.11. The van der Waals surface area contributed by atoms with Gasteiger partial charge in [0, 0.05) is 18.8 Å². The topological polar surface area (TPSA) is 34.0 Å². The lowest BCUT2D eigenvalue weighted by atomic mass is 10.5. The van der Waals surface area contributed by atoms with Crippen molar-refractivity contribution in [3.63, 3.8) is 0 Å². The molecule has 74 valence electrons. The van der Waals surface area contributed by atoms with Crippen LogP contribution in [0, 0.1) is 0 Å². The van der Waals surface area contributed by atoms with Gasteiger partial charge in [0.2, 0.25) is 0 Å². The summed E-state index contributed by atoms with van der Waals surface area (Å²) in [7, 11) is 2.13. The number of nitrogens with zero attached hydrogens (tertiary/aromatic N) is 4. The van der Waals surface area contributed by atoms with E-state index in [1.807, 2.05) is 16.4 Å². The highest BCUT2D eigenvalue weighted by Crippen LogP contribution is 1.93. The van der Waals surface area contributed by atoms with Crippen molar-refractivity contribution in [1.82, 2.24) is 19.7 Å². The van der Waals surface area contributed by atoms with E-state index in [1.165, 1.54) is 5.75 Å². The van der Waals surface area contributed by atoms with Crippen molar-refractivity contribution in [3.8, 4) is 0 Å². The van der Waals surface area contributed by atoms with Gasteiger partial charge in [-0.25, -0.2) is 4.98 Å². The Bertz CT molecular complexity index is 212. The fraction of sp³-hybridized carbons (Fsp3) is 0.750. The minimum absolute atomic E-state index is 0.922. The Morgan fingerprint density at radius 2 is 2.31 bits per heavy atom. The molecule has 0 aliphatic rings. The first-order valence-electron chi connectivity index (χ1n) is 4.33. The molecule has 1 heterocycles. The zero-order valence-corrected chi connectivity index (χ0v) is 9.00. The summed E-state index contributed by atoms with van der Waals surface area (Å²) in [4.78, 5) is 6.20. The van der Waals surface area contributed by atoms with Crippen LogP contribution in [-0.2, 0) is 6.54 Å². The van der Waals surface area contributed by atoms with Crippen LogP contribution in [0.1, 0.15) is 0 Å². The van der Waals surface area contributed by atoms with Gasteiger partial charge in [0.1, 0.15) is 12.7 Å². The minimum Gasteiger partial charge on any atom is -0.304 e. The number of hydrogen-bond acceptors (Lipinski definition) is 4. The summed E-state index contributed by atoms with van der Waals surface area (Å²) in [6.07, 6.45) is 5.45. The Kier molecular flexibility index (Phi) is 4.85. The molecule has 0 aliphatic carbocycles. The molecule has 0 unspecified atom stereocenters. The SMILES string of the molecule is CSCCN(C)CCn1cncn1. The highest BCUT2D eigenvalue weighted by molar-refractivity contribution is 7.98. The number of likely N-dealkylation sites (N-methyl/N-ethyl adjacent to an activating group) is 1. The lowest BCUT2D eigenvalue weighted by molar-refractivity contribution is 0.330. The second-order valence-electron chi connectivity index (χ2n) is 2.95. The maximum atomic E-state index is 4.04. The van der Waals surface area contributed by atoms with Gasteiger partial charge in [0.05, 0.1) is 6.54 Å². The van der Waals surface area contributed by atoms with Crippen molar-refractivity contribution in [2.24, 2.45) is 0 Å². The van der Waals surface area contributed by atoms with E-state index in [-0.39, 0.29) is 0 Å². The lowest BCUT2D eigenvalue weighted by Crippen LogP contribution is -2.25. The third-order valence-electron chi connectivity index (χ3n) is 1.85. The first kappa shape index (κ1) is 10.5. The van der Waals surface area contributed by atoms with Crippen molar-refractivity contribution >= 4 is 11.8 Å². The predicted octanol–water partition coefficient (Wildman–Crippen LogP) is 0.573. The largest absolute Gasteiger partial charge is 0.304 e. The molecule has 0 radical (unpaired) electrons. The molecule has 0 aliphatic heterocycles. The average Bonchev–Trinajstić information content (AvgIpc) is 2.64. The van der Waals surface area contributed by atoms with Crippen molar-refractivity contribution < 1.29 is 0 Å². The second kappa shape index (κ2) is 5.99. The highest BCUT2D eigenvalue weighted by atomic mass is 32.2. The van der Waals surface area contributed by atoms with Crippen molar-refractivity contribution in [2.45, 2.75) is 6.54 Å². The fourth-order valence-electron chi connectivity index (χ4n) is 0.980. The molecule has 0 saturated carbocycles. The van der Waals surface area contributed by atoms with Gasteiger partial charge in [-0.1, -0.05) is 0 Å². The Morgan fingerprint density at radius 3 is 2.92 bits per heavy atom. The summed E-state index contributed by atoms with van der Waals surface area (Å²) in [5.41, 5.74) is 0. The van der Waals surface area contributed by atoms with E-state index >= 15 is 0 Å². The van der Waals surface area contributed by atoms with E-state index in [1.54, 1.807) is 12.7 Å². The van der Waals surface area contributed by atoms with Gasteiger partial charge in [-0.3, -0.25) is 4.68 Å². The first-order valence-corrected chi connectivity index (χ1v) is 5.72. The van der Waals surface area contributed by atoms with E-state index in [4.69, 9.17) is 0 Å². The fourth-order valence-corrected chi connectivity index (χ4v) is 1.47. The molecule has 5 heteroatoms. The van der Waals surface area contributed by atoms with Crippen LogP contribution in [0.5, 0.6) is 0 Å². The number of hydrogen-bond donors (Lipinski definition) is 0. The van der Waals surface area contributed by atoms with Crippen molar-refractivity contribution in [3.05, 3.63) is 12.7 Å². The van der Waals surface area contributed by atoms with Crippen LogP contribution in [0.2, 0.25) is 0 Å². The molecule has 1 aromatic rings. The van der Waals surface area contributed by atoms with Crippen LogP contribution in [0.25, 0.3) is 0 Å². The maximum absolute atomic E-state index is 4.04. The third kappa shape index (κ3) is 4.28. The smallest absolute Gasteiger partial charge is 0.137 e. The summed E-state index contributed by atoms with van der Waals surface area (Å²) in [6, 6.07) is 0. The monoisotopic (exact) mass is 200 g/mol. The van der Waals surface area contributed by atoms with Gasteiger partial charge in [-0.05, 0) is 13.3 Å². The van der Waals surface area contributed by atoms with Gasteiger partial charge in [0.15, 0.2) is 0 Å². The summed E-state index contributed by atoms with van der Waals surface area (Å²) in [5, 5.41) is 4.04. The molecule has 0 bridgehead atoms. The predicted molar refractivity (Wildman–Crippen MR) is 55.9 cm³/mol.